The molecule has 0 saturated carbocycles. The van der Waals surface area contributed by atoms with Crippen LogP contribution < -0.4 is 41.0 Å². The lowest BCUT2D eigenvalue weighted by Gasteiger charge is -2.18. The molecule has 0 fully saturated rings. The van der Waals surface area contributed by atoms with Crippen LogP contribution in [0.2, 0.25) is 0 Å². The number of aliphatic hydroxyl groups is 2. The third-order valence-electron chi connectivity index (χ3n) is 5.05. The monoisotopic (exact) mass is 504 g/mol. The molecule has 8 N–H and O–H groups in total. The van der Waals surface area contributed by atoms with Gasteiger partial charge in [0.05, 0.1) is 53.0 Å². The van der Waals surface area contributed by atoms with Crippen LogP contribution in [0.25, 0.3) is 12.2 Å². The third-order valence-corrected chi connectivity index (χ3v) is 5.05. The van der Waals surface area contributed by atoms with Gasteiger partial charge in [0.15, 0.2) is 17.2 Å². The average Bonchev–Trinajstić information content (AvgIpc) is 2.89. The van der Waals surface area contributed by atoms with E-state index in [1.54, 1.807) is 36.4 Å². The Labute approximate surface area is 208 Å². The van der Waals surface area contributed by atoms with Crippen molar-refractivity contribution in [1.82, 2.24) is 0 Å². The summed E-state index contributed by atoms with van der Waals surface area (Å²) in [4.78, 5) is 24.7. The second kappa shape index (κ2) is 13.3. The van der Waals surface area contributed by atoms with E-state index in [1.165, 1.54) is 28.4 Å². The second-order valence-electron chi connectivity index (χ2n) is 7.50. The van der Waals surface area contributed by atoms with E-state index in [-0.39, 0.29) is 17.1 Å². The number of methoxy groups -OCH3 is 4. The van der Waals surface area contributed by atoms with Gasteiger partial charge in [0.25, 0.3) is 0 Å². The normalized spacial score (nSPS) is 12.6. The maximum absolute atomic E-state index is 12.3. The number of benzene rings is 2. The maximum Gasteiger partial charge on any atom is 0.243 e. The van der Waals surface area contributed by atoms with Crippen LogP contribution in [0.3, 0.4) is 0 Å². The summed E-state index contributed by atoms with van der Waals surface area (Å²) in [5.74, 6) is 0.164. The third kappa shape index (κ3) is 6.86. The van der Waals surface area contributed by atoms with E-state index in [0.29, 0.717) is 28.4 Å². The Balaban J connectivity index is 2.56. The number of nitrogens with two attached hydrogens (primary N) is 2. The first-order chi connectivity index (χ1) is 17.2. The molecule has 0 saturated heterocycles. The molecule has 0 aliphatic heterocycles. The molecule has 0 aromatic heterocycles. The molecule has 2 amide bonds. The Hall–Kier alpha value is -3.84. The van der Waals surface area contributed by atoms with Gasteiger partial charge >= 0.3 is 0 Å². The zero-order valence-electron chi connectivity index (χ0n) is 20.5. The molecule has 2 aromatic carbocycles. The van der Waals surface area contributed by atoms with Crippen molar-refractivity contribution in [3.05, 3.63) is 35.4 Å². The first-order valence-electron chi connectivity index (χ1n) is 10.8. The lowest BCUT2D eigenvalue weighted by molar-refractivity contribution is -0.118. The zero-order valence-corrected chi connectivity index (χ0v) is 20.5. The molecule has 2 aromatic rings. The van der Waals surface area contributed by atoms with Gasteiger partial charge in [-0.25, -0.2) is 0 Å². The fourth-order valence-corrected chi connectivity index (χ4v) is 3.16. The molecule has 0 spiro atoms. The Morgan fingerprint density at radius 3 is 1.47 bits per heavy atom. The van der Waals surface area contributed by atoms with Crippen molar-refractivity contribution in [2.75, 3.05) is 52.3 Å². The fraction of sp³-hybridized carbons (Fsp3) is 0.333. The number of nitrogens with one attached hydrogen (secondary N) is 2. The standard InChI is InChI=1S/C24H32N4O8/c1-33-19-9-14(10-20(34-2)22(19)36-4)6-5-13-7-17(27-23(31)15(25)11-29)21(35-3)18(8-13)28-24(32)16(26)12-30/h5-10,15-16,29-30H,11-12,25-26H2,1-4H3,(H,27,31)(H,28,32). The summed E-state index contributed by atoms with van der Waals surface area (Å²) in [6.45, 7) is -1.13. The molecule has 0 aliphatic rings. The fourth-order valence-electron chi connectivity index (χ4n) is 3.16. The van der Waals surface area contributed by atoms with E-state index in [9.17, 15) is 19.8 Å². The SMILES string of the molecule is COc1cc(C=Cc2cc(NC(=O)C(N)CO)c(OC)c(NC(=O)C(N)CO)c2)cc(OC)c1OC. The minimum absolute atomic E-state index is 0.122. The molecule has 12 nitrogen and oxygen atoms in total. The van der Waals surface area contributed by atoms with Crippen molar-refractivity contribution in [3.63, 3.8) is 0 Å². The predicted octanol–water partition coefficient (Wildman–Crippen LogP) is 0.408. The largest absolute Gasteiger partial charge is 0.493 e. The summed E-state index contributed by atoms with van der Waals surface area (Å²) >= 11 is 0. The van der Waals surface area contributed by atoms with Gasteiger partial charge in [0.1, 0.15) is 12.1 Å². The minimum atomic E-state index is -1.17. The molecule has 0 aliphatic carbocycles. The number of rotatable bonds is 12. The summed E-state index contributed by atoms with van der Waals surface area (Å²) in [7, 11) is 5.87. The number of carbonyl (C=O) groups excluding carboxylic acids is 2. The Bertz CT molecular complexity index is 1040. The number of carbonyl (C=O) groups is 2. The molecule has 2 atom stereocenters. The van der Waals surface area contributed by atoms with Gasteiger partial charge in [-0.15, -0.1) is 0 Å². The van der Waals surface area contributed by atoms with Crippen LogP contribution in [-0.4, -0.2) is 75.8 Å². The number of anilines is 2. The Morgan fingerprint density at radius 2 is 1.14 bits per heavy atom. The highest BCUT2D eigenvalue weighted by molar-refractivity contribution is 6.01. The van der Waals surface area contributed by atoms with Gasteiger partial charge < -0.3 is 51.3 Å². The number of aliphatic hydroxyl groups excluding tert-OH is 2. The van der Waals surface area contributed by atoms with Gasteiger partial charge in [-0.2, -0.15) is 0 Å². The number of hydrogen-bond donors (Lipinski definition) is 6. The van der Waals surface area contributed by atoms with Gasteiger partial charge in [0, 0.05) is 0 Å². The van der Waals surface area contributed by atoms with Crippen molar-refractivity contribution in [2.45, 2.75) is 12.1 Å². The van der Waals surface area contributed by atoms with Gasteiger partial charge in [-0.3, -0.25) is 9.59 Å². The molecule has 196 valence electrons. The molecule has 2 unspecified atom stereocenters. The Kier molecular flexibility index (Phi) is 10.5. The van der Waals surface area contributed by atoms with Crippen LogP contribution in [0, 0.1) is 0 Å². The van der Waals surface area contributed by atoms with Crippen LogP contribution in [-0.2, 0) is 9.59 Å². The van der Waals surface area contributed by atoms with Crippen LogP contribution in [0.5, 0.6) is 23.0 Å². The summed E-state index contributed by atoms with van der Waals surface area (Å²) in [6.07, 6.45) is 3.46. The second-order valence-corrected chi connectivity index (χ2v) is 7.50. The van der Waals surface area contributed by atoms with Crippen molar-refractivity contribution >= 4 is 35.3 Å². The average molecular weight is 505 g/mol. The molecule has 0 heterocycles. The summed E-state index contributed by atoms with van der Waals surface area (Å²) in [5.41, 5.74) is 12.9. The van der Waals surface area contributed by atoms with E-state index < -0.39 is 37.1 Å². The van der Waals surface area contributed by atoms with Gasteiger partial charge in [-0.1, -0.05) is 12.2 Å². The van der Waals surface area contributed by atoms with Crippen molar-refractivity contribution < 1.29 is 38.7 Å². The first-order valence-corrected chi connectivity index (χ1v) is 10.8. The molecule has 12 heteroatoms. The maximum atomic E-state index is 12.3. The summed E-state index contributed by atoms with van der Waals surface area (Å²) in [5, 5.41) is 23.6. The molecule has 0 bridgehead atoms. The van der Waals surface area contributed by atoms with E-state index in [0.717, 1.165) is 0 Å². The summed E-state index contributed by atoms with van der Waals surface area (Å²) < 4.78 is 21.5. The molecule has 0 radical (unpaired) electrons. The van der Waals surface area contributed by atoms with Crippen molar-refractivity contribution in [1.29, 1.82) is 0 Å². The minimum Gasteiger partial charge on any atom is -0.493 e. The van der Waals surface area contributed by atoms with Gasteiger partial charge in [-0.05, 0) is 35.4 Å². The molecular weight excluding hydrogens is 472 g/mol. The van der Waals surface area contributed by atoms with Crippen LogP contribution in [0.4, 0.5) is 11.4 Å². The van der Waals surface area contributed by atoms with Crippen molar-refractivity contribution in [2.24, 2.45) is 11.5 Å². The number of amides is 2. The topological polar surface area (TPSA) is 188 Å². The van der Waals surface area contributed by atoms with E-state index in [2.05, 4.69) is 10.6 Å². The van der Waals surface area contributed by atoms with Crippen LogP contribution >= 0.6 is 0 Å². The van der Waals surface area contributed by atoms with E-state index in [4.69, 9.17) is 30.4 Å². The van der Waals surface area contributed by atoms with E-state index >= 15 is 0 Å². The molecule has 2 rings (SSSR count). The highest BCUT2D eigenvalue weighted by Crippen LogP contribution is 2.39. The quantitative estimate of drug-likeness (QED) is 0.221. The lowest BCUT2D eigenvalue weighted by atomic mass is 10.1. The smallest absolute Gasteiger partial charge is 0.243 e. The lowest BCUT2D eigenvalue weighted by Crippen LogP contribution is -2.39. The van der Waals surface area contributed by atoms with Gasteiger partial charge in [0.2, 0.25) is 17.6 Å². The highest BCUT2D eigenvalue weighted by atomic mass is 16.5. The van der Waals surface area contributed by atoms with Crippen LogP contribution in [0.15, 0.2) is 24.3 Å². The molecule has 36 heavy (non-hydrogen) atoms. The number of ether oxygens (including phenoxy) is 4. The van der Waals surface area contributed by atoms with Crippen LogP contribution in [0.1, 0.15) is 11.1 Å². The zero-order chi connectivity index (χ0) is 26.8. The molecular formula is C24H32N4O8. The van der Waals surface area contributed by atoms with Crippen molar-refractivity contribution in [3.8, 4) is 23.0 Å². The Morgan fingerprint density at radius 1 is 0.750 bits per heavy atom. The number of hydrogen-bond acceptors (Lipinski definition) is 10. The predicted molar refractivity (Wildman–Crippen MR) is 135 cm³/mol. The summed E-state index contributed by atoms with van der Waals surface area (Å²) in [6, 6.07) is 4.33. The highest BCUT2D eigenvalue weighted by Gasteiger charge is 2.20. The van der Waals surface area contributed by atoms with E-state index in [1.807, 2.05) is 0 Å². The first kappa shape index (κ1) is 28.4.